The van der Waals surface area contributed by atoms with E-state index in [4.69, 9.17) is 0 Å². The second kappa shape index (κ2) is 9.94. The lowest BCUT2D eigenvalue weighted by Crippen LogP contribution is -2.31. The topological polar surface area (TPSA) is 25.2 Å². The molecule has 1 atom stereocenters. The van der Waals surface area contributed by atoms with Gasteiger partial charge in [-0.3, -0.25) is 4.79 Å². The highest BCUT2D eigenvalue weighted by Gasteiger charge is 2.18. The molecule has 1 amide bonds. The summed E-state index contributed by atoms with van der Waals surface area (Å²) in [5.41, 5.74) is 4.61. The Kier molecular flexibility index (Phi) is 6.63. The van der Waals surface area contributed by atoms with Crippen molar-refractivity contribution in [3.63, 3.8) is 0 Å². The molecule has 3 heteroatoms. The van der Waals surface area contributed by atoms with E-state index in [9.17, 15) is 4.79 Å². The van der Waals surface area contributed by atoms with Gasteiger partial charge in [-0.25, -0.2) is 0 Å². The highest BCUT2D eigenvalue weighted by Crippen LogP contribution is 2.23. The Labute approximate surface area is 184 Å². The molecule has 0 aliphatic heterocycles. The third-order valence-corrected chi connectivity index (χ3v) is 5.63. The van der Waals surface area contributed by atoms with Crippen molar-refractivity contribution in [2.45, 2.75) is 32.4 Å². The van der Waals surface area contributed by atoms with E-state index in [2.05, 4.69) is 60.0 Å². The fourth-order valence-corrected chi connectivity index (χ4v) is 3.83. The molecule has 1 aromatic heterocycles. The first kappa shape index (κ1) is 20.7. The van der Waals surface area contributed by atoms with Crippen LogP contribution in [0.25, 0.3) is 5.69 Å². The normalized spacial score (nSPS) is 11.8. The zero-order chi connectivity index (χ0) is 21.5. The molecule has 0 saturated heterocycles. The molecule has 4 rings (SSSR count). The number of aromatic nitrogens is 1. The van der Waals surface area contributed by atoms with E-state index in [0.717, 1.165) is 16.8 Å². The number of carbonyl (C=O) groups is 1. The van der Waals surface area contributed by atoms with E-state index < -0.39 is 0 Å². The lowest BCUT2D eigenvalue weighted by molar-refractivity contribution is -0.132. The minimum Gasteiger partial charge on any atom is -0.334 e. The average molecular weight is 409 g/mol. The molecule has 3 aromatic carbocycles. The van der Waals surface area contributed by atoms with Gasteiger partial charge in [-0.05, 0) is 46.9 Å². The lowest BCUT2D eigenvalue weighted by atomic mass is 9.96. The van der Waals surface area contributed by atoms with E-state index >= 15 is 0 Å². The molecule has 0 bridgehead atoms. The van der Waals surface area contributed by atoms with Crippen LogP contribution in [-0.4, -0.2) is 15.4 Å². The quantitative estimate of drug-likeness (QED) is 0.341. The van der Waals surface area contributed by atoms with Gasteiger partial charge in [-0.15, -0.1) is 0 Å². The highest BCUT2D eigenvalue weighted by atomic mass is 16.2. The van der Waals surface area contributed by atoms with Crippen molar-refractivity contribution in [1.29, 1.82) is 0 Å². The molecule has 1 unspecified atom stereocenters. The maximum absolute atomic E-state index is 13.3. The SMILES string of the molecule is CC(CC(=O)N(Cc1ccccc1)Cc1ccccc1)c1ccc(-n2cccc2)cc1. The van der Waals surface area contributed by atoms with Gasteiger partial charge in [0, 0.05) is 37.6 Å². The Bertz CT molecular complexity index is 1030. The summed E-state index contributed by atoms with van der Waals surface area (Å²) in [6, 6.07) is 32.9. The standard InChI is InChI=1S/C28H28N2O/c1-23(26-14-16-27(17-15-26)29-18-8-9-19-29)20-28(31)30(21-24-10-4-2-5-11-24)22-25-12-6-3-7-13-25/h2-19,23H,20-22H2,1H3. The second-order valence-electron chi connectivity index (χ2n) is 8.01. The van der Waals surface area contributed by atoms with Crippen LogP contribution in [0.2, 0.25) is 0 Å². The summed E-state index contributed by atoms with van der Waals surface area (Å²) in [5.74, 6) is 0.329. The van der Waals surface area contributed by atoms with Gasteiger partial charge in [0.2, 0.25) is 5.91 Å². The van der Waals surface area contributed by atoms with Crippen molar-refractivity contribution in [2.75, 3.05) is 0 Å². The van der Waals surface area contributed by atoms with Crippen molar-refractivity contribution in [1.82, 2.24) is 9.47 Å². The molecule has 0 saturated carbocycles. The van der Waals surface area contributed by atoms with Crippen LogP contribution in [-0.2, 0) is 17.9 Å². The molecule has 3 nitrogen and oxygen atoms in total. The molecule has 0 radical (unpaired) electrons. The number of hydrogen-bond donors (Lipinski definition) is 0. The van der Waals surface area contributed by atoms with Crippen LogP contribution < -0.4 is 0 Å². The number of carbonyl (C=O) groups excluding carboxylic acids is 1. The molecular formula is C28H28N2O. The summed E-state index contributed by atoms with van der Waals surface area (Å²) in [5, 5.41) is 0. The van der Waals surface area contributed by atoms with Crippen molar-refractivity contribution in [3.8, 4) is 5.69 Å². The maximum Gasteiger partial charge on any atom is 0.223 e. The summed E-state index contributed by atoms with van der Waals surface area (Å²) in [4.78, 5) is 15.3. The third kappa shape index (κ3) is 5.52. The van der Waals surface area contributed by atoms with Gasteiger partial charge in [0.25, 0.3) is 0 Å². The first-order chi connectivity index (χ1) is 15.2. The van der Waals surface area contributed by atoms with Gasteiger partial charge >= 0.3 is 0 Å². The van der Waals surface area contributed by atoms with Crippen LogP contribution in [0.1, 0.15) is 36.0 Å². The van der Waals surface area contributed by atoms with E-state index in [-0.39, 0.29) is 11.8 Å². The first-order valence-electron chi connectivity index (χ1n) is 10.8. The van der Waals surface area contributed by atoms with Gasteiger partial charge in [0.1, 0.15) is 0 Å². The van der Waals surface area contributed by atoms with Crippen molar-refractivity contribution in [3.05, 3.63) is 126 Å². The predicted molar refractivity (Wildman–Crippen MR) is 126 cm³/mol. The Morgan fingerprint density at radius 3 is 1.77 bits per heavy atom. The molecule has 0 fully saturated rings. The number of amides is 1. The fourth-order valence-electron chi connectivity index (χ4n) is 3.83. The molecule has 0 aliphatic rings. The van der Waals surface area contributed by atoms with E-state index in [1.54, 1.807) is 0 Å². The maximum atomic E-state index is 13.3. The summed E-state index contributed by atoms with van der Waals surface area (Å²) < 4.78 is 2.08. The largest absolute Gasteiger partial charge is 0.334 e. The van der Waals surface area contributed by atoms with Crippen LogP contribution in [0.3, 0.4) is 0 Å². The van der Waals surface area contributed by atoms with Gasteiger partial charge in [0.15, 0.2) is 0 Å². The van der Waals surface area contributed by atoms with Gasteiger partial charge in [0.05, 0.1) is 0 Å². The molecular weight excluding hydrogens is 380 g/mol. The van der Waals surface area contributed by atoms with Crippen molar-refractivity contribution >= 4 is 5.91 Å². The van der Waals surface area contributed by atoms with Gasteiger partial charge in [-0.2, -0.15) is 0 Å². The van der Waals surface area contributed by atoms with E-state index in [1.807, 2.05) is 65.8 Å². The van der Waals surface area contributed by atoms with E-state index in [1.165, 1.54) is 5.56 Å². The smallest absolute Gasteiger partial charge is 0.223 e. The van der Waals surface area contributed by atoms with Crippen molar-refractivity contribution < 1.29 is 4.79 Å². The Morgan fingerprint density at radius 1 is 0.742 bits per heavy atom. The molecule has 4 aromatic rings. The number of nitrogens with zero attached hydrogens (tertiary/aromatic N) is 2. The van der Waals surface area contributed by atoms with Gasteiger partial charge < -0.3 is 9.47 Å². The number of rotatable bonds is 8. The summed E-state index contributed by atoms with van der Waals surface area (Å²) in [6.45, 7) is 3.37. The highest BCUT2D eigenvalue weighted by molar-refractivity contribution is 5.77. The lowest BCUT2D eigenvalue weighted by Gasteiger charge is -2.25. The van der Waals surface area contributed by atoms with Crippen LogP contribution in [0.4, 0.5) is 0 Å². The second-order valence-corrected chi connectivity index (χ2v) is 8.01. The Morgan fingerprint density at radius 2 is 1.26 bits per heavy atom. The van der Waals surface area contributed by atoms with Crippen molar-refractivity contribution in [2.24, 2.45) is 0 Å². The van der Waals surface area contributed by atoms with Crippen LogP contribution >= 0.6 is 0 Å². The number of hydrogen-bond acceptors (Lipinski definition) is 1. The minimum atomic E-state index is 0.153. The molecule has 156 valence electrons. The van der Waals surface area contributed by atoms with Gasteiger partial charge in [-0.1, -0.05) is 79.7 Å². The minimum absolute atomic E-state index is 0.153. The summed E-state index contributed by atoms with van der Waals surface area (Å²) in [7, 11) is 0. The molecule has 1 heterocycles. The molecule has 0 N–H and O–H groups in total. The molecule has 0 spiro atoms. The zero-order valence-electron chi connectivity index (χ0n) is 17.9. The van der Waals surface area contributed by atoms with Crippen LogP contribution in [0.5, 0.6) is 0 Å². The first-order valence-corrected chi connectivity index (χ1v) is 10.8. The Hall–Kier alpha value is -3.59. The van der Waals surface area contributed by atoms with Crippen LogP contribution in [0, 0.1) is 0 Å². The number of benzene rings is 3. The monoisotopic (exact) mass is 408 g/mol. The fraction of sp³-hybridized carbons (Fsp3) is 0.179. The summed E-state index contributed by atoms with van der Waals surface area (Å²) in [6.07, 6.45) is 4.56. The van der Waals surface area contributed by atoms with E-state index in [0.29, 0.717) is 19.5 Å². The van der Waals surface area contributed by atoms with Crippen LogP contribution in [0.15, 0.2) is 109 Å². The zero-order valence-corrected chi connectivity index (χ0v) is 17.9. The Balaban J connectivity index is 1.46. The average Bonchev–Trinajstić information content (AvgIpc) is 3.35. The summed E-state index contributed by atoms with van der Waals surface area (Å²) >= 11 is 0. The molecule has 31 heavy (non-hydrogen) atoms. The third-order valence-electron chi connectivity index (χ3n) is 5.63. The predicted octanol–water partition coefficient (Wildman–Crippen LogP) is 6.20. The molecule has 0 aliphatic carbocycles.